The Balaban J connectivity index is 2.30. The zero-order valence-corrected chi connectivity index (χ0v) is 10.4. The Labute approximate surface area is 106 Å². The van der Waals surface area contributed by atoms with E-state index in [1.165, 1.54) is 0 Å². The second-order valence-corrected chi connectivity index (χ2v) is 4.63. The van der Waals surface area contributed by atoms with Crippen molar-refractivity contribution in [2.24, 2.45) is 0 Å². The number of pyridine rings is 1. The first-order valence-corrected chi connectivity index (χ1v) is 5.88. The molecule has 0 aliphatic carbocycles. The Kier molecular flexibility index (Phi) is 2.33. The van der Waals surface area contributed by atoms with Crippen molar-refractivity contribution < 1.29 is 0 Å². The summed E-state index contributed by atoms with van der Waals surface area (Å²) in [7, 11) is 0. The van der Waals surface area contributed by atoms with Crippen LogP contribution in [-0.4, -0.2) is 14.8 Å². The van der Waals surface area contributed by atoms with Gasteiger partial charge in [-0.25, -0.2) is 4.68 Å². The Bertz CT molecular complexity index is 690. The summed E-state index contributed by atoms with van der Waals surface area (Å²) in [4.78, 5) is 4.30. The van der Waals surface area contributed by atoms with Crippen molar-refractivity contribution in [3.8, 4) is 5.69 Å². The van der Waals surface area contributed by atoms with E-state index < -0.39 is 0 Å². The highest BCUT2D eigenvalue weighted by Gasteiger charge is 2.05. The highest BCUT2D eigenvalue weighted by atomic mass is 79.9. The minimum atomic E-state index is 0.712. The summed E-state index contributed by atoms with van der Waals surface area (Å²) in [6, 6.07) is 7.62. The number of hydrogen-bond donors (Lipinski definition) is 1. The molecule has 0 aliphatic heterocycles. The lowest BCUT2D eigenvalue weighted by Crippen LogP contribution is -1.96. The number of nitrogens with zero attached hydrogens (tertiary/aromatic N) is 3. The molecule has 0 unspecified atom stereocenters. The molecule has 0 atom stereocenters. The molecule has 2 heterocycles. The first-order valence-electron chi connectivity index (χ1n) is 5.09. The van der Waals surface area contributed by atoms with Gasteiger partial charge < -0.3 is 5.73 Å². The van der Waals surface area contributed by atoms with Crippen molar-refractivity contribution in [1.82, 2.24) is 14.8 Å². The highest BCUT2D eigenvalue weighted by molar-refractivity contribution is 9.10. The van der Waals surface area contributed by atoms with Gasteiger partial charge in [-0.2, -0.15) is 5.10 Å². The Morgan fingerprint density at radius 1 is 1.24 bits per heavy atom. The molecular weight excluding hydrogens is 280 g/mol. The lowest BCUT2D eigenvalue weighted by atomic mass is 10.1. The summed E-state index contributed by atoms with van der Waals surface area (Å²) in [5, 5.41) is 5.29. The molecule has 0 spiro atoms. The predicted molar refractivity (Wildman–Crippen MR) is 71.0 cm³/mol. The molecular formula is C12H9BrN4. The van der Waals surface area contributed by atoms with Crippen molar-refractivity contribution >= 4 is 32.5 Å². The van der Waals surface area contributed by atoms with Gasteiger partial charge in [0.15, 0.2) is 0 Å². The molecule has 3 aromatic rings. The molecule has 0 fully saturated rings. The molecule has 2 aromatic heterocycles. The molecule has 0 aliphatic rings. The minimum Gasteiger partial charge on any atom is -0.399 e. The standard InChI is InChI=1S/C12H9BrN4/c13-8-6-16-17(7-8)12-3-4-15-11-5-9(14)1-2-10(11)12/h1-7H,14H2. The van der Waals surface area contributed by atoms with Gasteiger partial charge >= 0.3 is 0 Å². The van der Waals surface area contributed by atoms with Crippen LogP contribution in [0.1, 0.15) is 0 Å². The average molecular weight is 289 g/mol. The first-order chi connectivity index (χ1) is 8.24. The molecule has 1 aromatic carbocycles. The van der Waals surface area contributed by atoms with E-state index in [1.54, 1.807) is 12.4 Å². The van der Waals surface area contributed by atoms with Crippen molar-refractivity contribution in [3.63, 3.8) is 0 Å². The molecule has 0 bridgehead atoms. The third-order valence-corrected chi connectivity index (χ3v) is 2.95. The van der Waals surface area contributed by atoms with Gasteiger partial charge in [-0.3, -0.25) is 4.98 Å². The van der Waals surface area contributed by atoms with E-state index in [1.807, 2.05) is 35.1 Å². The number of nitrogen functional groups attached to an aromatic ring is 1. The van der Waals surface area contributed by atoms with Crippen LogP contribution in [0.25, 0.3) is 16.6 Å². The molecule has 17 heavy (non-hydrogen) atoms. The smallest absolute Gasteiger partial charge is 0.0755 e. The molecule has 0 radical (unpaired) electrons. The van der Waals surface area contributed by atoms with Gasteiger partial charge in [-0.15, -0.1) is 0 Å². The summed E-state index contributed by atoms with van der Waals surface area (Å²) < 4.78 is 2.75. The summed E-state index contributed by atoms with van der Waals surface area (Å²) in [6.45, 7) is 0. The fourth-order valence-corrected chi connectivity index (χ4v) is 2.07. The number of benzene rings is 1. The lowest BCUT2D eigenvalue weighted by molar-refractivity contribution is 0.886. The van der Waals surface area contributed by atoms with Crippen LogP contribution < -0.4 is 5.73 Å². The van der Waals surface area contributed by atoms with Crippen LogP contribution in [0.5, 0.6) is 0 Å². The van der Waals surface area contributed by atoms with Crippen LogP contribution in [-0.2, 0) is 0 Å². The van der Waals surface area contributed by atoms with Crippen LogP contribution in [0.2, 0.25) is 0 Å². The van der Waals surface area contributed by atoms with Crippen molar-refractivity contribution in [2.45, 2.75) is 0 Å². The van der Waals surface area contributed by atoms with E-state index in [2.05, 4.69) is 26.0 Å². The van der Waals surface area contributed by atoms with Crippen molar-refractivity contribution in [3.05, 3.63) is 47.3 Å². The average Bonchev–Trinajstić information content (AvgIpc) is 2.74. The van der Waals surface area contributed by atoms with Gasteiger partial charge in [0.1, 0.15) is 0 Å². The van der Waals surface area contributed by atoms with Crippen molar-refractivity contribution in [2.75, 3.05) is 5.73 Å². The SMILES string of the molecule is Nc1ccc2c(-n3cc(Br)cn3)ccnc2c1. The van der Waals surface area contributed by atoms with E-state index in [-0.39, 0.29) is 0 Å². The van der Waals surface area contributed by atoms with Crippen LogP contribution >= 0.6 is 15.9 Å². The Hall–Kier alpha value is -1.88. The molecule has 5 heteroatoms. The van der Waals surface area contributed by atoms with E-state index in [0.29, 0.717) is 5.69 Å². The second-order valence-electron chi connectivity index (χ2n) is 3.71. The van der Waals surface area contributed by atoms with E-state index >= 15 is 0 Å². The monoisotopic (exact) mass is 288 g/mol. The van der Waals surface area contributed by atoms with Gasteiger partial charge in [0.2, 0.25) is 0 Å². The highest BCUT2D eigenvalue weighted by Crippen LogP contribution is 2.22. The van der Waals surface area contributed by atoms with Crippen LogP contribution in [0.3, 0.4) is 0 Å². The van der Waals surface area contributed by atoms with E-state index in [4.69, 9.17) is 5.73 Å². The normalized spacial score (nSPS) is 10.9. The number of fused-ring (bicyclic) bond motifs is 1. The summed E-state index contributed by atoms with van der Waals surface area (Å²) in [5.74, 6) is 0. The fourth-order valence-electron chi connectivity index (χ4n) is 1.78. The van der Waals surface area contributed by atoms with E-state index in [0.717, 1.165) is 21.1 Å². The largest absolute Gasteiger partial charge is 0.399 e. The number of hydrogen-bond acceptors (Lipinski definition) is 3. The topological polar surface area (TPSA) is 56.7 Å². The number of anilines is 1. The maximum atomic E-state index is 5.75. The molecule has 0 saturated heterocycles. The summed E-state index contributed by atoms with van der Waals surface area (Å²) >= 11 is 3.39. The molecule has 0 saturated carbocycles. The predicted octanol–water partition coefficient (Wildman–Crippen LogP) is 2.77. The van der Waals surface area contributed by atoms with E-state index in [9.17, 15) is 0 Å². The zero-order chi connectivity index (χ0) is 11.8. The molecule has 2 N–H and O–H groups in total. The molecule has 84 valence electrons. The Morgan fingerprint density at radius 2 is 2.12 bits per heavy atom. The maximum Gasteiger partial charge on any atom is 0.0755 e. The van der Waals surface area contributed by atoms with Gasteiger partial charge in [0.05, 0.1) is 21.9 Å². The first kappa shape index (κ1) is 10.3. The third kappa shape index (κ3) is 1.78. The van der Waals surface area contributed by atoms with Crippen LogP contribution in [0.4, 0.5) is 5.69 Å². The Morgan fingerprint density at radius 3 is 2.88 bits per heavy atom. The summed E-state index contributed by atoms with van der Waals surface area (Å²) in [5.41, 5.74) is 8.31. The van der Waals surface area contributed by atoms with Crippen molar-refractivity contribution in [1.29, 1.82) is 0 Å². The number of rotatable bonds is 1. The summed E-state index contributed by atoms with van der Waals surface area (Å²) in [6.07, 6.45) is 5.42. The number of halogens is 1. The quantitative estimate of drug-likeness (QED) is 0.701. The van der Waals surface area contributed by atoms with Gasteiger partial charge in [0, 0.05) is 23.5 Å². The number of nitrogens with two attached hydrogens (primary N) is 1. The fraction of sp³-hybridized carbons (Fsp3) is 0. The van der Waals surface area contributed by atoms with Gasteiger partial charge in [-0.05, 0) is 40.2 Å². The number of aromatic nitrogens is 3. The lowest BCUT2D eigenvalue weighted by Gasteiger charge is -2.06. The molecule has 0 amide bonds. The van der Waals surface area contributed by atoms with Gasteiger partial charge in [0.25, 0.3) is 0 Å². The maximum absolute atomic E-state index is 5.75. The van der Waals surface area contributed by atoms with Gasteiger partial charge in [-0.1, -0.05) is 0 Å². The second kappa shape index (κ2) is 3.85. The third-order valence-electron chi connectivity index (χ3n) is 2.54. The zero-order valence-electron chi connectivity index (χ0n) is 8.84. The molecule has 3 rings (SSSR count). The van der Waals surface area contributed by atoms with Crippen LogP contribution in [0.15, 0.2) is 47.3 Å². The minimum absolute atomic E-state index is 0.712. The molecule has 4 nitrogen and oxygen atoms in total. The van der Waals surface area contributed by atoms with Crippen LogP contribution in [0, 0.1) is 0 Å².